The van der Waals surface area contributed by atoms with Gasteiger partial charge in [0.05, 0.1) is 15.5 Å². The van der Waals surface area contributed by atoms with Crippen molar-refractivity contribution in [3.8, 4) is 0 Å². The monoisotopic (exact) mass is 303 g/mol. The maximum atomic E-state index is 12.0. The Morgan fingerprint density at radius 3 is 2.63 bits per heavy atom. The highest BCUT2D eigenvalue weighted by molar-refractivity contribution is 7.89. The number of hydrogen-bond donors (Lipinski definition) is 2. The van der Waals surface area contributed by atoms with E-state index in [1.807, 2.05) is 0 Å². The molecule has 1 aliphatic rings. The number of aromatic carboxylic acids is 1. The highest BCUT2D eigenvalue weighted by atomic mass is 35.5. The third kappa shape index (κ3) is 3.68. The Bertz CT molecular complexity index is 596. The smallest absolute Gasteiger partial charge is 0.337 e. The molecule has 2 N–H and O–H groups in total. The van der Waals surface area contributed by atoms with Crippen LogP contribution in [0.3, 0.4) is 0 Å². The minimum absolute atomic E-state index is 0.0155. The predicted octanol–water partition coefficient (Wildman–Crippen LogP) is 2.12. The van der Waals surface area contributed by atoms with E-state index >= 15 is 0 Å². The summed E-state index contributed by atoms with van der Waals surface area (Å²) in [5.74, 6) is -0.545. The van der Waals surface area contributed by atoms with Gasteiger partial charge in [0.25, 0.3) is 0 Å². The van der Waals surface area contributed by atoms with Crippen molar-refractivity contribution in [3.05, 3.63) is 28.8 Å². The molecule has 0 aliphatic heterocycles. The molecule has 19 heavy (non-hydrogen) atoms. The summed E-state index contributed by atoms with van der Waals surface area (Å²) >= 11 is 5.75. The molecule has 0 heterocycles. The first kappa shape index (κ1) is 14.3. The Hall–Kier alpha value is -1.11. The average molecular weight is 304 g/mol. The first-order chi connectivity index (χ1) is 8.90. The first-order valence-corrected chi connectivity index (χ1v) is 7.79. The minimum atomic E-state index is -3.62. The molecule has 1 fully saturated rings. The summed E-state index contributed by atoms with van der Waals surface area (Å²) in [7, 11) is -3.62. The molecular formula is C12H14ClNO4S. The van der Waals surface area contributed by atoms with Crippen molar-refractivity contribution in [1.29, 1.82) is 0 Å². The topological polar surface area (TPSA) is 83.5 Å². The molecule has 1 aliphatic carbocycles. The maximum absolute atomic E-state index is 12.0. The summed E-state index contributed by atoms with van der Waals surface area (Å²) in [6.45, 7) is 0.394. The Kier molecular flexibility index (Phi) is 4.13. The van der Waals surface area contributed by atoms with E-state index in [2.05, 4.69) is 4.72 Å². The van der Waals surface area contributed by atoms with Crippen LogP contribution in [0.4, 0.5) is 0 Å². The van der Waals surface area contributed by atoms with Gasteiger partial charge >= 0.3 is 5.97 Å². The van der Waals surface area contributed by atoms with Gasteiger partial charge in [-0.1, -0.05) is 24.4 Å². The Labute approximate surface area is 116 Å². The van der Waals surface area contributed by atoms with Gasteiger partial charge in [0.15, 0.2) is 0 Å². The van der Waals surface area contributed by atoms with Crippen LogP contribution in [-0.4, -0.2) is 26.0 Å². The van der Waals surface area contributed by atoms with Gasteiger partial charge < -0.3 is 5.11 Å². The van der Waals surface area contributed by atoms with E-state index in [1.165, 1.54) is 25.0 Å². The Morgan fingerprint density at radius 1 is 1.42 bits per heavy atom. The number of carboxylic acid groups (broad SMARTS) is 1. The summed E-state index contributed by atoms with van der Waals surface area (Å²) < 4.78 is 26.4. The van der Waals surface area contributed by atoms with Crippen LogP contribution in [0.1, 0.15) is 29.6 Å². The van der Waals surface area contributed by atoms with Crippen LogP contribution in [0.15, 0.2) is 23.1 Å². The van der Waals surface area contributed by atoms with Crippen LogP contribution >= 0.6 is 11.6 Å². The number of halogens is 1. The zero-order valence-electron chi connectivity index (χ0n) is 10.1. The molecule has 0 unspecified atom stereocenters. The fourth-order valence-electron chi connectivity index (χ4n) is 1.72. The predicted molar refractivity (Wildman–Crippen MR) is 70.9 cm³/mol. The van der Waals surface area contributed by atoms with Gasteiger partial charge in [0.2, 0.25) is 10.0 Å². The summed E-state index contributed by atoms with van der Waals surface area (Å²) in [6.07, 6.45) is 3.17. The van der Waals surface area contributed by atoms with Gasteiger partial charge in [0.1, 0.15) is 0 Å². The van der Waals surface area contributed by atoms with E-state index < -0.39 is 16.0 Å². The molecule has 1 aromatic rings. The number of carboxylic acids is 1. The van der Waals surface area contributed by atoms with Crippen LogP contribution < -0.4 is 4.72 Å². The molecule has 0 spiro atoms. The van der Waals surface area contributed by atoms with Gasteiger partial charge in [-0.15, -0.1) is 0 Å². The van der Waals surface area contributed by atoms with E-state index in [4.69, 9.17) is 16.7 Å². The molecule has 2 rings (SSSR count). The van der Waals surface area contributed by atoms with Crippen LogP contribution in [0, 0.1) is 5.92 Å². The van der Waals surface area contributed by atoms with Gasteiger partial charge in [0, 0.05) is 6.54 Å². The summed E-state index contributed by atoms with van der Waals surface area (Å²) in [4.78, 5) is 10.8. The zero-order valence-corrected chi connectivity index (χ0v) is 11.7. The first-order valence-electron chi connectivity index (χ1n) is 5.92. The molecule has 104 valence electrons. The number of nitrogens with one attached hydrogen (secondary N) is 1. The highest BCUT2D eigenvalue weighted by Crippen LogP contribution is 2.31. The number of sulfonamides is 1. The van der Waals surface area contributed by atoms with E-state index in [0.717, 1.165) is 12.5 Å². The van der Waals surface area contributed by atoms with Crippen molar-refractivity contribution >= 4 is 27.6 Å². The van der Waals surface area contributed by atoms with Crippen LogP contribution in [-0.2, 0) is 10.0 Å². The number of hydrogen-bond acceptors (Lipinski definition) is 3. The second-order valence-corrected chi connectivity index (χ2v) is 6.75. The van der Waals surface area contributed by atoms with Crippen molar-refractivity contribution in [2.75, 3.05) is 6.54 Å². The van der Waals surface area contributed by atoms with Gasteiger partial charge in [-0.05, 0) is 30.5 Å². The fourth-order valence-corrected chi connectivity index (χ4v) is 3.12. The second-order valence-electron chi connectivity index (χ2n) is 4.58. The van der Waals surface area contributed by atoms with Crippen molar-refractivity contribution in [2.24, 2.45) is 5.92 Å². The molecule has 0 amide bonds. The second kappa shape index (κ2) is 5.48. The molecule has 0 radical (unpaired) electrons. The van der Waals surface area contributed by atoms with E-state index in [0.29, 0.717) is 12.5 Å². The Balaban J connectivity index is 2.10. The van der Waals surface area contributed by atoms with Crippen LogP contribution in [0.2, 0.25) is 5.02 Å². The average Bonchev–Trinajstić information content (AvgIpc) is 3.12. The highest BCUT2D eigenvalue weighted by Gasteiger charge is 2.22. The standard InChI is InChI=1S/C12H14ClNO4S/c13-11-7-9(3-4-10(11)12(15)16)19(17,18)14-6-5-8-1-2-8/h3-4,7-8,14H,1-2,5-6H2,(H,15,16). The van der Waals surface area contributed by atoms with E-state index in [1.54, 1.807) is 0 Å². The third-order valence-electron chi connectivity index (χ3n) is 3.02. The van der Waals surface area contributed by atoms with Gasteiger partial charge in [-0.3, -0.25) is 0 Å². The lowest BCUT2D eigenvalue weighted by atomic mass is 10.2. The molecule has 7 heteroatoms. The van der Waals surface area contributed by atoms with Gasteiger partial charge in [-0.25, -0.2) is 17.9 Å². The fraction of sp³-hybridized carbons (Fsp3) is 0.417. The molecule has 1 aromatic carbocycles. The molecule has 0 saturated heterocycles. The largest absolute Gasteiger partial charge is 0.478 e. The normalized spacial score (nSPS) is 15.4. The van der Waals surface area contributed by atoms with Crippen molar-refractivity contribution in [3.63, 3.8) is 0 Å². The minimum Gasteiger partial charge on any atom is -0.478 e. The lowest BCUT2D eigenvalue weighted by Crippen LogP contribution is -2.25. The zero-order chi connectivity index (χ0) is 14.0. The van der Waals surface area contributed by atoms with Crippen molar-refractivity contribution < 1.29 is 18.3 Å². The summed E-state index contributed by atoms with van der Waals surface area (Å²) in [5, 5.41) is 8.73. The number of carbonyl (C=O) groups is 1. The van der Waals surface area contributed by atoms with Crippen LogP contribution in [0.5, 0.6) is 0 Å². The van der Waals surface area contributed by atoms with Crippen molar-refractivity contribution in [1.82, 2.24) is 4.72 Å². The SMILES string of the molecule is O=C(O)c1ccc(S(=O)(=O)NCCC2CC2)cc1Cl. The molecule has 0 atom stereocenters. The summed E-state index contributed by atoms with van der Waals surface area (Å²) in [5.41, 5.74) is -0.112. The molecule has 0 aromatic heterocycles. The molecule has 5 nitrogen and oxygen atoms in total. The number of benzene rings is 1. The quantitative estimate of drug-likeness (QED) is 0.843. The molecule has 1 saturated carbocycles. The lowest BCUT2D eigenvalue weighted by Gasteiger charge is -2.07. The number of rotatable bonds is 6. The summed E-state index contributed by atoms with van der Waals surface area (Å²) in [6, 6.07) is 3.60. The van der Waals surface area contributed by atoms with E-state index in [9.17, 15) is 13.2 Å². The van der Waals surface area contributed by atoms with Crippen LogP contribution in [0.25, 0.3) is 0 Å². The maximum Gasteiger partial charge on any atom is 0.337 e. The Morgan fingerprint density at radius 2 is 2.11 bits per heavy atom. The third-order valence-corrected chi connectivity index (χ3v) is 4.79. The lowest BCUT2D eigenvalue weighted by molar-refractivity contribution is 0.0697. The van der Waals surface area contributed by atoms with Crippen molar-refractivity contribution in [2.45, 2.75) is 24.2 Å². The van der Waals surface area contributed by atoms with Gasteiger partial charge in [-0.2, -0.15) is 0 Å². The molecule has 0 bridgehead atoms. The molecular weight excluding hydrogens is 290 g/mol. The van der Waals surface area contributed by atoms with E-state index in [-0.39, 0.29) is 15.5 Å².